The van der Waals surface area contributed by atoms with Crippen molar-refractivity contribution in [1.29, 1.82) is 0 Å². The standard InChI is InChI=1S/C4H9N2O.C2H3O.2CH3.Y/c1-4(5-2)6-3-7;1-2-3;;;/h4-5H,1-2H3,(H,6,7);1H3;2*1H3;/q4*-1;. The average molecular weight is 263 g/mol. The molecule has 0 bridgehead atoms. The van der Waals surface area contributed by atoms with E-state index in [2.05, 4.69) is 10.6 Å². The summed E-state index contributed by atoms with van der Waals surface area (Å²) in [5.74, 6) is 0. The molecule has 1 atom stereocenters. The van der Waals surface area contributed by atoms with Crippen molar-refractivity contribution in [2.24, 2.45) is 0 Å². The normalized spacial score (nSPS) is 7.92. The Morgan fingerprint density at radius 2 is 1.54 bits per heavy atom. The third-order valence-corrected chi connectivity index (χ3v) is 0.708. The van der Waals surface area contributed by atoms with Crippen LogP contribution < -0.4 is 10.6 Å². The maximum absolute atomic E-state index is 9.50. The van der Waals surface area contributed by atoms with Crippen LogP contribution in [-0.4, -0.2) is 25.9 Å². The molecular formula is C8H18N2O2Y-4. The van der Waals surface area contributed by atoms with Gasteiger partial charge in [0.2, 0.25) is 0 Å². The first-order valence-electron chi connectivity index (χ1n) is 2.81. The molecule has 0 aliphatic heterocycles. The topological polar surface area (TPSA) is 58.2 Å². The van der Waals surface area contributed by atoms with Gasteiger partial charge in [0, 0.05) is 38.9 Å². The Balaban J connectivity index is -0.0000000320. The van der Waals surface area contributed by atoms with Crippen molar-refractivity contribution in [3.05, 3.63) is 14.9 Å². The zero-order valence-electron chi connectivity index (χ0n) is 8.97. The molecule has 0 rings (SSSR count). The van der Waals surface area contributed by atoms with Crippen LogP contribution >= 0.6 is 0 Å². The Kier molecular flexibility index (Phi) is 66.3. The van der Waals surface area contributed by atoms with Crippen LogP contribution in [0.4, 0.5) is 0 Å². The second-order valence-electron chi connectivity index (χ2n) is 1.46. The number of rotatable bonds is 3. The van der Waals surface area contributed by atoms with Crippen LogP contribution in [0.3, 0.4) is 0 Å². The molecule has 0 aliphatic carbocycles. The molecule has 0 heterocycles. The first-order valence-corrected chi connectivity index (χ1v) is 2.81. The second-order valence-corrected chi connectivity index (χ2v) is 1.46. The minimum Gasteiger partial charge on any atom is -0.542 e. The fraction of sp³-hybridized carbons (Fsp3) is 0.500. The second kappa shape index (κ2) is 29.5. The molecule has 0 aromatic rings. The molecule has 0 saturated heterocycles. The van der Waals surface area contributed by atoms with Gasteiger partial charge in [-0.05, 0) is 14.0 Å². The molecule has 0 saturated carbocycles. The number of hydrogen-bond donors (Lipinski definition) is 2. The van der Waals surface area contributed by atoms with Crippen LogP contribution in [0.25, 0.3) is 0 Å². The monoisotopic (exact) mass is 263 g/mol. The van der Waals surface area contributed by atoms with E-state index >= 15 is 0 Å². The Hall–Kier alpha value is 0.204. The molecule has 0 aromatic heterocycles. The van der Waals surface area contributed by atoms with E-state index in [4.69, 9.17) is 4.79 Å². The molecule has 1 radical (unpaired) electrons. The van der Waals surface area contributed by atoms with Gasteiger partial charge in [-0.3, -0.25) is 6.29 Å². The van der Waals surface area contributed by atoms with E-state index < -0.39 is 0 Å². The van der Waals surface area contributed by atoms with E-state index in [1.807, 2.05) is 6.92 Å². The van der Waals surface area contributed by atoms with E-state index in [-0.39, 0.29) is 53.7 Å². The van der Waals surface area contributed by atoms with Gasteiger partial charge in [-0.1, -0.05) is 0 Å². The smallest absolute Gasteiger partial charge is 0.0457 e. The third-order valence-electron chi connectivity index (χ3n) is 0.708. The molecule has 0 fully saturated rings. The molecule has 4 nitrogen and oxygen atoms in total. The largest absolute Gasteiger partial charge is 0.542 e. The molecule has 0 aromatic carbocycles. The first-order chi connectivity index (χ1) is 4.72. The maximum atomic E-state index is 9.50. The Bertz CT molecular complexity index is 92.2. The fourth-order valence-corrected chi connectivity index (χ4v) is 0.161. The quantitative estimate of drug-likeness (QED) is 0.435. The van der Waals surface area contributed by atoms with Crippen molar-refractivity contribution in [3.63, 3.8) is 0 Å². The fourth-order valence-electron chi connectivity index (χ4n) is 0.161. The van der Waals surface area contributed by atoms with Crippen molar-refractivity contribution in [3.8, 4) is 0 Å². The molecule has 0 spiro atoms. The van der Waals surface area contributed by atoms with Crippen LogP contribution in [0.2, 0.25) is 0 Å². The molecule has 1 unspecified atom stereocenters. The predicted octanol–water partition coefficient (Wildman–Crippen LogP) is 0.223. The minimum absolute atomic E-state index is 0. The number of nitrogens with one attached hydrogen (secondary N) is 2. The summed E-state index contributed by atoms with van der Waals surface area (Å²) in [6.45, 7) is 3.14. The summed E-state index contributed by atoms with van der Waals surface area (Å²) in [4.78, 5) is 18.2. The van der Waals surface area contributed by atoms with Gasteiger partial charge < -0.3 is 35.1 Å². The maximum Gasteiger partial charge on any atom is 0.0457 e. The van der Waals surface area contributed by atoms with Crippen molar-refractivity contribution in [1.82, 2.24) is 10.6 Å². The van der Waals surface area contributed by atoms with Crippen LogP contribution in [0, 0.1) is 14.9 Å². The van der Waals surface area contributed by atoms with Gasteiger partial charge in [0.05, 0.1) is 0 Å². The van der Waals surface area contributed by atoms with Gasteiger partial charge in [-0.25, -0.2) is 0 Å². The number of carbonyl (C=O) groups excluding carboxylic acids is 2. The zero-order valence-corrected chi connectivity index (χ0v) is 11.8. The molecule has 0 aliphatic rings. The molecule has 79 valence electrons. The summed E-state index contributed by atoms with van der Waals surface area (Å²) in [7, 11) is 1.76. The van der Waals surface area contributed by atoms with Gasteiger partial charge >= 0.3 is 0 Å². The molecule has 13 heavy (non-hydrogen) atoms. The molecule has 2 N–H and O–H groups in total. The summed E-state index contributed by atoms with van der Waals surface area (Å²) in [5.41, 5.74) is 0. The number of hydrogen-bond acceptors (Lipinski definition) is 3. The van der Waals surface area contributed by atoms with E-state index in [0.717, 1.165) is 0 Å². The Morgan fingerprint density at radius 1 is 1.23 bits per heavy atom. The van der Waals surface area contributed by atoms with Crippen molar-refractivity contribution in [2.75, 3.05) is 7.05 Å². The summed E-state index contributed by atoms with van der Waals surface area (Å²) >= 11 is 0. The zero-order chi connectivity index (χ0) is 8.41. The molecular weight excluding hydrogens is 245 g/mol. The van der Waals surface area contributed by atoms with Crippen LogP contribution in [-0.2, 0) is 42.3 Å². The summed E-state index contributed by atoms with van der Waals surface area (Å²) in [5, 5.41) is 5.17. The third kappa shape index (κ3) is 46.9. The van der Waals surface area contributed by atoms with E-state index in [0.29, 0.717) is 0 Å². The van der Waals surface area contributed by atoms with Crippen molar-refractivity contribution < 1.29 is 42.3 Å². The van der Waals surface area contributed by atoms with Gasteiger partial charge in [0.1, 0.15) is 0 Å². The van der Waals surface area contributed by atoms with E-state index in [1.54, 1.807) is 13.5 Å². The summed E-state index contributed by atoms with van der Waals surface area (Å²) < 4.78 is 0. The predicted molar refractivity (Wildman–Crippen MR) is 51.5 cm³/mol. The molecule has 5 heteroatoms. The van der Waals surface area contributed by atoms with Crippen molar-refractivity contribution >= 4 is 12.7 Å². The summed E-state index contributed by atoms with van der Waals surface area (Å²) in [6, 6.07) is 0. The Labute approximate surface area is 107 Å². The minimum atomic E-state index is 0. The average Bonchev–Trinajstić information content (AvgIpc) is 1.90. The van der Waals surface area contributed by atoms with Crippen LogP contribution in [0.15, 0.2) is 0 Å². The van der Waals surface area contributed by atoms with Crippen molar-refractivity contribution in [2.45, 2.75) is 20.0 Å². The number of amides is 1. The van der Waals surface area contributed by atoms with E-state index in [9.17, 15) is 4.79 Å². The Morgan fingerprint density at radius 3 is 1.62 bits per heavy atom. The summed E-state index contributed by atoms with van der Waals surface area (Å²) in [6.07, 6.45) is 3.08. The van der Waals surface area contributed by atoms with Gasteiger partial charge in [-0.2, -0.15) is 13.3 Å². The van der Waals surface area contributed by atoms with Gasteiger partial charge in [0.15, 0.2) is 0 Å². The first kappa shape index (κ1) is 29.2. The van der Waals surface area contributed by atoms with Gasteiger partial charge in [0.25, 0.3) is 0 Å². The SMILES string of the molecule is CNC(C)N[C-]=O.C[C-]=O.[CH3-].[CH3-].[Y]. The van der Waals surface area contributed by atoms with Crippen LogP contribution in [0.1, 0.15) is 13.8 Å². The van der Waals surface area contributed by atoms with E-state index in [1.165, 1.54) is 13.2 Å². The van der Waals surface area contributed by atoms with Crippen LogP contribution in [0.5, 0.6) is 0 Å². The molecule has 1 amide bonds. The van der Waals surface area contributed by atoms with Gasteiger partial charge in [-0.15, -0.1) is 0 Å².